The number of rotatable bonds is 7. The molecule has 34 heavy (non-hydrogen) atoms. The minimum atomic E-state index is -0.582. The first-order valence-electron chi connectivity index (χ1n) is 10.7. The smallest absolute Gasteiger partial charge is 0.255 e. The summed E-state index contributed by atoms with van der Waals surface area (Å²) in [6, 6.07) is 14.5. The number of carbonyl (C=O) groups is 2. The van der Waals surface area contributed by atoms with Gasteiger partial charge in [-0.1, -0.05) is 49.7 Å². The van der Waals surface area contributed by atoms with E-state index in [1.165, 1.54) is 6.07 Å². The molecule has 0 saturated heterocycles. The molecule has 182 valence electrons. The van der Waals surface area contributed by atoms with Gasteiger partial charge in [0, 0.05) is 28.9 Å². The number of nitrogens with two attached hydrogens (primary N) is 2. The van der Waals surface area contributed by atoms with Gasteiger partial charge in [0.1, 0.15) is 0 Å². The summed E-state index contributed by atoms with van der Waals surface area (Å²) in [7, 11) is 0. The Morgan fingerprint density at radius 2 is 1.62 bits per heavy atom. The van der Waals surface area contributed by atoms with E-state index >= 15 is 0 Å². The van der Waals surface area contributed by atoms with Crippen molar-refractivity contribution < 1.29 is 9.59 Å². The zero-order valence-corrected chi connectivity index (χ0v) is 21.5. The van der Waals surface area contributed by atoms with Crippen LogP contribution >= 0.6 is 24.8 Å². The molecule has 0 saturated carbocycles. The highest BCUT2D eigenvalue weighted by atomic mass is 35.5. The van der Waals surface area contributed by atoms with Crippen molar-refractivity contribution in [1.82, 2.24) is 4.98 Å². The Morgan fingerprint density at radius 3 is 2.18 bits per heavy atom. The second kappa shape index (κ2) is 12.5. The van der Waals surface area contributed by atoms with Crippen molar-refractivity contribution in [1.29, 1.82) is 0 Å². The highest BCUT2D eigenvalue weighted by Crippen LogP contribution is 2.36. The number of anilines is 1. The molecule has 1 aromatic heterocycles. The van der Waals surface area contributed by atoms with Gasteiger partial charge < -0.3 is 16.8 Å². The van der Waals surface area contributed by atoms with E-state index in [1.807, 2.05) is 38.1 Å². The van der Waals surface area contributed by atoms with Crippen LogP contribution in [0.1, 0.15) is 57.1 Å². The van der Waals surface area contributed by atoms with Crippen LogP contribution in [0.2, 0.25) is 0 Å². The second-order valence-corrected chi connectivity index (χ2v) is 8.44. The molecule has 0 bridgehead atoms. The van der Waals surface area contributed by atoms with Crippen LogP contribution in [0.15, 0.2) is 48.5 Å². The first kappa shape index (κ1) is 29.1. The molecule has 5 N–H and O–H groups in total. The summed E-state index contributed by atoms with van der Waals surface area (Å²) in [6.45, 7) is 8.51. The monoisotopic (exact) mass is 502 g/mol. The molecule has 0 unspecified atom stereocenters. The summed E-state index contributed by atoms with van der Waals surface area (Å²) >= 11 is 0. The fourth-order valence-electron chi connectivity index (χ4n) is 3.77. The van der Waals surface area contributed by atoms with Crippen LogP contribution in [0.3, 0.4) is 0 Å². The molecule has 8 heteroatoms. The fourth-order valence-corrected chi connectivity index (χ4v) is 3.77. The van der Waals surface area contributed by atoms with E-state index in [2.05, 4.69) is 19.2 Å². The Hall–Kier alpha value is -2.93. The lowest BCUT2D eigenvalue weighted by atomic mass is 9.92. The molecule has 0 aliphatic carbocycles. The van der Waals surface area contributed by atoms with Crippen molar-refractivity contribution >= 4 is 42.3 Å². The largest absolute Gasteiger partial charge is 0.366 e. The molecule has 0 atom stereocenters. The average molecular weight is 503 g/mol. The minimum Gasteiger partial charge on any atom is -0.366 e. The Morgan fingerprint density at radius 1 is 1.00 bits per heavy atom. The number of primary amides is 1. The third-order valence-corrected chi connectivity index (χ3v) is 5.36. The second-order valence-electron chi connectivity index (χ2n) is 8.44. The van der Waals surface area contributed by atoms with Gasteiger partial charge in [-0.25, -0.2) is 0 Å². The molecule has 0 aliphatic rings. The topological polar surface area (TPSA) is 111 Å². The third kappa shape index (κ3) is 6.56. The number of hydrogen-bond acceptors (Lipinski definition) is 4. The summed E-state index contributed by atoms with van der Waals surface area (Å²) in [5, 5.41) is 3.02. The van der Waals surface area contributed by atoms with Gasteiger partial charge in [-0.2, -0.15) is 0 Å². The van der Waals surface area contributed by atoms with E-state index in [1.54, 1.807) is 18.2 Å². The van der Waals surface area contributed by atoms with Crippen molar-refractivity contribution in [2.24, 2.45) is 17.4 Å². The molecular formula is C26H32Cl2N4O2. The molecule has 1 heterocycles. The average Bonchev–Trinajstić information content (AvgIpc) is 2.75. The number of aryl methyl sites for hydroxylation is 2. The summed E-state index contributed by atoms with van der Waals surface area (Å²) in [6.07, 6.45) is 0.793. The summed E-state index contributed by atoms with van der Waals surface area (Å²) in [5.41, 5.74) is 18.4. The lowest BCUT2D eigenvalue weighted by Crippen LogP contribution is -2.19. The third-order valence-electron chi connectivity index (χ3n) is 5.36. The summed E-state index contributed by atoms with van der Waals surface area (Å²) in [4.78, 5) is 29.5. The zero-order valence-electron chi connectivity index (χ0n) is 19.8. The Labute approximate surface area is 213 Å². The van der Waals surface area contributed by atoms with Gasteiger partial charge in [0.05, 0.1) is 11.4 Å². The predicted molar refractivity (Wildman–Crippen MR) is 143 cm³/mol. The number of pyridine rings is 1. The van der Waals surface area contributed by atoms with Gasteiger partial charge in [-0.3, -0.25) is 14.6 Å². The number of carbonyl (C=O) groups excluding carboxylic acids is 2. The maximum atomic E-state index is 13.1. The summed E-state index contributed by atoms with van der Waals surface area (Å²) < 4.78 is 0. The normalized spacial score (nSPS) is 10.3. The number of hydrogen-bond donors (Lipinski definition) is 3. The highest BCUT2D eigenvalue weighted by Gasteiger charge is 2.21. The van der Waals surface area contributed by atoms with E-state index in [4.69, 9.17) is 16.5 Å². The van der Waals surface area contributed by atoms with Gasteiger partial charge in [-0.15, -0.1) is 24.8 Å². The standard InChI is InChI=1S/C26H30N4O2.2ClH/c1-15(2)12-22-21(14-27)23(18-10-8-16(3)9-11-18)24(17(4)29-22)30-26(32)20-7-5-6-19(13-20)25(28)31;;/h5-11,13,15H,12,14,27H2,1-4H3,(H2,28,31)(H,30,32);2*1H. The number of aromatic nitrogens is 1. The van der Waals surface area contributed by atoms with E-state index in [9.17, 15) is 9.59 Å². The minimum absolute atomic E-state index is 0. The Balaban J connectivity index is 0.00000289. The molecular weight excluding hydrogens is 471 g/mol. The molecule has 0 aliphatic heterocycles. The van der Waals surface area contributed by atoms with Crippen LogP contribution in [0, 0.1) is 19.8 Å². The van der Waals surface area contributed by atoms with Crippen molar-refractivity contribution in [2.45, 2.75) is 40.7 Å². The Kier molecular flexibility index (Phi) is 10.7. The molecule has 2 aromatic carbocycles. The lowest BCUT2D eigenvalue weighted by molar-refractivity contribution is 0.1000. The highest BCUT2D eigenvalue weighted by molar-refractivity contribution is 6.08. The SMILES string of the molecule is Cc1ccc(-c2c(CN)c(CC(C)C)nc(C)c2NC(=O)c2cccc(C(N)=O)c2)cc1.Cl.Cl. The van der Waals surface area contributed by atoms with Crippen molar-refractivity contribution in [3.05, 3.63) is 82.2 Å². The molecule has 3 aromatic rings. The molecule has 3 rings (SSSR count). The van der Waals surface area contributed by atoms with Gasteiger partial charge >= 0.3 is 0 Å². The van der Waals surface area contributed by atoms with Crippen LogP contribution in [-0.2, 0) is 13.0 Å². The number of nitrogens with one attached hydrogen (secondary N) is 1. The lowest BCUT2D eigenvalue weighted by Gasteiger charge is -2.21. The molecule has 2 amide bonds. The van der Waals surface area contributed by atoms with Gasteiger partial charge in [0.15, 0.2) is 0 Å². The molecule has 0 spiro atoms. The number of benzene rings is 2. The quantitative estimate of drug-likeness (QED) is 0.411. The van der Waals surface area contributed by atoms with Crippen LogP contribution in [0.4, 0.5) is 5.69 Å². The van der Waals surface area contributed by atoms with Crippen LogP contribution < -0.4 is 16.8 Å². The molecule has 0 fully saturated rings. The number of amides is 2. The van der Waals surface area contributed by atoms with Crippen LogP contribution in [-0.4, -0.2) is 16.8 Å². The van der Waals surface area contributed by atoms with Crippen LogP contribution in [0.5, 0.6) is 0 Å². The first-order valence-corrected chi connectivity index (χ1v) is 10.7. The maximum Gasteiger partial charge on any atom is 0.255 e. The summed E-state index contributed by atoms with van der Waals surface area (Å²) in [5.74, 6) is -0.512. The van der Waals surface area contributed by atoms with Crippen molar-refractivity contribution in [3.8, 4) is 11.1 Å². The van der Waals surface area contributed by atoms with E-state index in [-0.39, 0.29) is 36.3 Å². The predicted octanol–water partition coefficient (Wildman–Crippen LogP) is 5.22. The van der Waals surface area contributed by atoms with Gasteiger partial charge in [0.25, 0.3) is 5.91 Å². The Bertz CT molecular complexity index is 1160. The molecule has 6 nitrogen and oxygen atoms in total. The molecule has 0 radical (unpaired) electrons. The van der Waals surface area contributed by atoms with Crippen molar-refractivity contribution in [3.63, 3.8) is 0 Å². The van der Waals surface area contributed by atoms with Gasteiger partial charge in [-0.05, 0) is 55.5 Å². The maximum absolute atomic E-state index is 13.1. The van der Waals surface area contributed by atoms with Crippen LogP contribution in [0.25, 0.3) is 11.1 Å². The number of nitrogens with zero attached hydrogens (tertiary/aromatic N) is 1. The first-order chi connectivity index (χ1) is 15.2. The van der Waals surface area contributed by atoms with Gasteiger partial charge in [0.2, 0.25) is 5.91 Å². The van der Waals surface area contributed by atoms with E-state index < -0.39 is 5.91 Å². The van der Waals surface area contributed by atoms with E-state index in [0.717, 1.165) is 34.4 Å². The van der Waals surface area contributed by atoms with E-state index in [0.29, 0.717) is 29.4 Å². The number of halogens is 2. The fraction of sp³-hybridized carbons (Fsp3) is 0.269. The van der Waals surface area contributed by atoms with Crippen molar-refractivity contribution in [2.75, 3.05) is 5.32 Å². The zero-order chi connectivity index (χ0) is 23.4.